The lowest BCUT2D eigenvalue weighted by Crippen LogP contribution is -2.42. The van der Waals surface area contributed by atoms with E-state index in [1.807, 2.05) is 6.92 Å². The molecule has 0 aromatic carbocycles. The van der Waals surface area contributed by atoms with Crippen LogP contribution in [0.15, 0.2) is 17.6 Å². The van der Waals surface area contributed by atoms with Crippen molar-refractivity contribution in [2.24, 2.45) is 5.92 Å². The summed E-state index contributed by atoms with van der Waals surface area (Å²) in [5.74, 6) is -1.95. The first kappa shape index (κ1) is 14.0. The lowest BCUT2D eigenvalue weighted by Gasteiger charge is -2.14. The van der Waals surface area contributed by atoms with E-state index >= 15 is 0 Å². The molecular formula is C10H15N3O5S. The van der Waals surface area contributed by atoms with Crippen LogP contribution in [0.25, 0.3) is 0 Å². The van der Waals surface area contributed by atoms with Crippen LogP contribution in [-0.4, -0.2) is 48.3 Å². The lowest BCUT2D eigenvalue weighted by molar-refractivity contribution is -0.142. The third kappa shape index (κ3) is 2.94. The van der Waals surface area contributed by atoms with Gasteiger partial charge in [-0.25, -0.2) is 18.1 Å². The van der Waals surface area contributed by atoms with Gasteiger partial charge in [0.25, 0.3) is 10.0 Å². The van der Waals surface area contributed by atoms with E-state index < -0.39 is 28.0 Å². The number of hydrogen-bond acceptors (Lipinski definition) is 5. The summed E-state index contributed by atoms with van der Waals surface area (Å²) < 4.78 is 33.1. The molecule has 9 heteroatoms. The van der Waals surface area contributed by atoms with Gasteiger partial charge >= 0.3 is 5.97 Å². The molecule has 0 saturated carbocycles. The first-order chi connectivity index (χ1) is 8.94. The quantitative estimate of drug-likeness (QED) is 0.740. The van der Waals surface area contributed by atoms with E-state index in [4.69, 9.17) is 9.84 Å². The number of carboxylic acids is 1. The number of nitrogens with one attached hydrogen (secondary N) is 1. The second kappa shape index (κ2) is 5.27. The van der Waals surface area contributed by atoms with Crippen molar-refractivity contribution in [2.75, 3.05) is 13.2 Å². The zero-order valence-electron chi connectivity index (χ0n) is 10.3. The number of aliphatic carboxylic acids is 1. The van der Waals surface area contributed by atoms with Crippen molar-refractivity contribution < 1.29 is 23.1 Å². The minimum atomic E-state index is -3.82. The van der Waals surface area contributed by atoms with Gasteiger partial charge in [0.1, 0.15) is 0 Å². The summed E-state index contributed by atoms with van der Waals surface area (Å²) in [4.78, 5) is 14.7. The summed E-state index contributed by atoms with van der Waals surface area (Å²) in [5.41, 5.74) is 0. The van der Waals surface area contributed by atoms with E-state index in [0.717, 1.165) is 0 Å². The lowest BCUT2D eigenvalue weighted by atomic mass is 10.1. The van der Waals surface area contributed by atoms with Crippen LogP contribution in [0, 0.1) is 5.92 Å². The van der Waals surface area contributed by atoms with Crippen molar-refractivity contribution in [3.8, 4) is 0 Å². The molecular weight excluding hydrogens is 274 g/mol. The molecule has 1 aromatic heterocycles. The molecule has 106 valence electrons. The predicted octanol–water partition coefficient (Wildman–Crippen LogP) is -0.719. The number of hydrogen-bond donors (Lipinski definition) is 2. The number of sulfonamides is 1. The molecule has 0 aliphatic carbocycles. The highest BCUT2D eigenvalue weighted by Gasteiger charge is 2.37. The number of aromatic nitrogens is 2. The smallest absolute Gasteiger partial charge is 0.310 e. The van der Waals surface area contributed by atoms with Crippen LogP contribution in [0.4, 0.5) is 0 Å². The third-order valence-electron chi connectivity index (χ3n) is 2.95. The van der Waals surface area contributed by atoms with Gasteiger partial charge in [0.05, 0.1) is 31.5 Å². The van der Waals surface area contributed by atoms with E-state index in [9.17, 15) is 13.2 Å². The van der Waals surface area contributed by atoms with Crippen molar-refractivity contribution in [2.45, 2.75) is 24.5 Å². The Kier molecular flexibility index (Phi) is 3.88. The summed E-state index contributed by atoms with van der Waals surface area (Å²) in [6, 6.07) is -0.769. The molecule has 2 heterocycles. The van der Waals surface area contributed by atoms with Gasteiger partial charge in [0.2, 0.25) is 0 Å². The second-order valence-corrected chi connectivity index (χ2v) is 5.91. The Hall–Kier alpha value is -1.45. The topological polar surface area (TPSA) is 111 Å². The monoisotopic (exact) mass is 289 g/mol. The Labute approximate surface area is 110 Å². The Morgan fingerprint density at radius 2 is 2.37 bits per heavy atom. The molecule has 2 rings (SSSR count). The molecule has 19 heavy (non-hydrogen) atoms. The number of carboxylic acid groups (broad SMARTS) is 1. The highest BCUT2D eigenvalue weighted by atomic mass is 32.2. The first-order valence-electron chi connectivity index (χ1n) is 5.78. The van der Waals surface area contributed by atoms with Crippen molar-refractivity contribution in [3.05, 3.63) is 12.5 Å². The number of imidazole rings is 1. The molecule has 1 aliphatic rings. The normalized spacial score (nSPS) is 23.6. The number of aryl methyl sites for hydroxylation is 1. The first-order valence-corrected chi connectivity index (χ1v) is 7.27. The zero-order valence-corrected chi connectivity index (χ0v) is 11.1. The van der Waals surface area contributed by atoms with Gasteiger partial charge in [0.15, 0.2) is 5.03 Å². The van der Waals surface area contributed by atoms with Gasteiger partial charge in [-0.15, -0.1) is 0 Å². The van der Waals surface area contributed by atoms with E-state index in [-0.39, 0.29) is 18.2 Å². The van der Waals surface area contributed by atoms with Gasteiger partial charge < -0.3 is 14.4 Å². The number of carbonyl (C=O) groups is 1. The predicted molar refractivity (Wildman–Crippen MR) is 64.0 cm³/mol. The average Bonchev–Trinajstić information content (AvgIpc) is 2.95. The summed E-state index contributed by atoms with van der Waals surface area (Å²) in [6.07, 6.45) is 2.81. The Bertz CT molecular complexity index is 567. The van der Waals surface area contributed by atoms with Gasteiger partial charge in [-0.1, -0.05) is 0 Å². The number of rotatable bonds is 5. The minimum Gasteiger partial charge on any atom is -0.481 e. The maximum Gasteiger partial charge on any atom is 0.310 e. The molecule has 2 atom stereocenters. The molecule has 0 radical (unpaired) electrons. The molecule has 2 N–H and O–H groups in total. The molecule has 0 spiro atoms. The van der Waals surface area contributed by atoms with Crippen LogP contribution in [0.1, 0.15) is 6.92 Å². The minimum absolute atomic E-state index is 0.00587. The van der Waals surface area contributed by atoms with Gasteiger partial charge in [-0.05, 0) is 6.92 Å². The molecule has 1 saturated heterocycles. The van der Waals surface area contributed by atoms with Gasteiger partial charge in [-0.3, -0.25) is 4.79 Å². The summed E-state index contributed by atoms with van der Waals surface area (Å²) in [6.45, 7) is 2.51. The maximum absolute atomic E-state index is 12.1. The molecule has 8 nitrogen and oxygen atoms in total. The van der Waals surface area contributed by atoms with Crippen molar-refractivity contribution in [1.29, 1.82) is 0 Å². The van der Waals surface area contributed by atoms with Crippen LogP contribution in [0.3, 0.4) is 0 Å². The summed E-state index contributed by atoms with van der Waals surface area (Å²) in [7, 11) is -3.82. The Morgan fingerprint density at radius 1 is 1.63 bits per heavy atom. The summed E-state index contributed by atoms with van der Waals surface area (Å²) in [5, 5.41) is 8.84. The van der Waals surface area contributed by atoms with Crippen LogP contribution >= 0.6 is 0 Å². The van der Waals surface area contributed by atoms with Crippen LogP contribution in [-0.2, 0) is 26.1 Å². The van der Waals surface area contributed by atoms with Crippen molar-refractivity contribution in [1.82, 2.24) is 14.3 Å². The van der Waals surface area contributed by atoms with E-state index in [0.29, 0.717) is 6.54 Å². The van der Waals surface area contributed by atoms with Gasteiger partial charge in [0, 0.05) is 12.7 Å². The van der Waals surface area contributed by atoms with E-state index in [1.165, 1.54) is 12.5 Å². The summed E-state index contributed by atoms with van der Waals surface area (Å²) >= 11 is 0. The Balaban J connectivity index is 2.15. The SMILES string of the molecule is CCn1cnc(S(=O)(=O)NC2COCC2C(=O)O)c1. The molecule has 1 aromatic rings. The Morgan fingerprint density at radius 3 is 2.95 bits per heavy atom. The van der Waals surface area contributed by atoms with Crippen LogP contribution in [0.2, 0.25) is 0 Å². The molecule has 2 unspecified atom stereocenters. The molecule has 1 fully saturated rings. The molecule has 1 aliphatic heterocycles. The third-order valence-corrected chi connectivity index (χ3v) is 4.33. The van der Waals surface area contributed by atoms with Crippen molar-refractivity contribution >= 4 is 16.0 Å². The second-order valence-electron chi connectivity index (χ2n) is 4.25. The average molecular weight is 289 g/mol. The number of ether oxygens (including phenoxy) is 1. The van der Waals surface area contributed by atoms with E-state index in [2.05, 4.69) is 9.71 Å². The zero-order chi connectivity index (χ0) is 14.0. The van der Waals surface area contributed by atoms with E-state index in [1.54, 1.807) is 4.57 Å². The molecule has 0 amide bonds. The maximum atomic E-state index is 12.1. The fourth-order valence-electron chi connectivity index (χ4n) is 1.82. The standard InChI is InChI=1S/C10H15N3O5S/c1-2-13-3-9(11-6-13)19(16,17)12-8-5-18-4-7(8)10(14)15/h3,6-8,12H,2,4-5H2,1H3,(H,14,15). The number of nitrogens with zero attached hydrogens (tertiary/aromatic N) is 2. The van der Waals surface area contributed by atoms with Crippen LogP contribution in [0.5, 0.6) is 0 Å². The highest BCUT2D eigenvalue weighted by molar-refractivity contribution is 7.89. The highest BCUT2D eigenvalue weighted by Crippen LogP contribution is 2.16. The van der Waals surface area contributed by atoms with Crippen molar-refractivity contribution in [3.63, 3.8) is 0 Å². The fourth-order valence-corrected chi connectivity index (χ4v) is 3.04. The fraction of sp³-hybridized carbons (Fsp3) is 0.600. The van der Waals surface area contributed by atoms with Crippen LogP contribution < -0.4 is 4.72 Å². The molecule has 0 bridgehead atoms. The van der Waals surface area contributed by atoms with Gasteiger partial charge in [-0.2, -0.15) is 0 Å². The largest absolute Gasteiger partial charge is 0.481 e.